The number of likely N-dealkylation sites (tertiary alicyclic amines) is 2. The first-order valence-electron chi connectivity index (χ1n) is 8.73. The molecule has 1 N–H and O–H groups in total. The second kappa shape index (κ2) is 7.69. The molecule has 3 heterocycles. The van der Waals surface area contributed by atoms with E-state index in [9.17, 15) is 18.0 Å². The highest BCUT2D eigenvalue weighted by atomic mass is 19.4. The van der Waals surface area contributed by atoms with Crippen LogP contribution in [0.25, 0.3) is 0 Å². The van der Waals surface area contributed by atoms with Crippen LogP contribution in [0.3, 0.4) is 0 Å². The Bertz CT molecular complexity index is 623. The normalized spacial score (nSPS) is 24.1. The summed E-state index contributed by atoms with van der Waals surface area (Å²) < 4.78 is 41.0. The molecule has 2 aliphatic heterocycles. The summed E-state index contributed by atoms with van der Waals surface area (Å²) in [6, 6.07) is 2.86. The van der Waals surface area contributed by atoms with Crippen molar-refractivity contribution in [2.75, 3.05) is 38.6 Å². The summed E-state index contributed by atoms with van der Waals surface area (Å²) in [5.41, 5.74) is 0.435. The zero-order valence-electron chi connectivity index (χ0n) is 14.6. The van der Waals surface area contributed by atoms with E-state index in [0.29, 0.717) is 11.6 Å². The van der Waals surface area contributed by atoms with Gasteiger partial charge in [0.1, 0.15) is 0 Å². The van der Waals surface area contributed by atoms with Crippen molar-refractivity contribution in [1.29, 1.82) is 0 Å². The van der Waals surface area contributed by atoms with Crippen molar-refractivity contribution in [3.05, 3.63) is 18.3 Å². The third-order valence-electron chi connectivity index (χ3n) is 4.90. The van der Waals surface area contributed by atoms with Gasteiger partial charge in [-0.15, -0.1) is 0 Å². The molecule has 1 aromatic heterocycles. The van der Waals surface area contributed by atoms with E-state index >= 15 is 0 Å². The van der Waals surface area contributed by atoms with Gasteiger partial charge in [0.2, 0.25) is 5.88 Å². The van der Waals surface area contributed by atoms with Gasteiger partial charge in [0.25, 0.3) is 0 Å². The van der Waals surface area contributed by atoms with Crippen molar-refractivity contribution in [2.45, 2.75) is 31.5 Å². The lowest BCUT2D eigenvalue weighted by Crippen LogP contribution is -2.56. The number of carbonyl (C=O) groups is 1. The van der Waals surface area contributed by atoms with Crippen molar-refractivity contribution in [2.24, 2.45) is 5.92 Å². The Kier molecular flexibility index (Phi) is 5.55. The topological polar surface area (TPSA) is 57.7 Å². The van der Waals surface area contributed by atoms with Crippen LogP contribution in [0.1, 0.15) is 19.3 Å². The fourth-order valence-corrected chi connectivity index (χ4v) is 3.73. The number of halogens is 3. The molecule has 2 amide bonds. The molecule has 2 unspecified atom stereocenters. The highest BCUT2D eigenvalue weighted by Crippen LogP contribution is 2.30. The van der Waals surface area contributed by atoms with Gasteiger partial charge >= 0.3 is 12.2 Å². The molecule has 3 rings (SSSR count). The average Bonchev–Trinajstić information content (AvgIpc) is 2.59. The number of rotatable bonds is 3. The van der Waals surface area contributed by atoms with E-state index < -0.39 is 12.8 Å². The van der Waals surface area contributed by atoms with Gasteiger partial charge in [0.15, 0.2) is 6.61 Å². The van der Waals surface area contributed by atoms with Crippen molar-refractivity contribution in [3.63, 3.8) is 0 Å². The molecule has 26 heavy (non-hydrogen) atoms. The van der Waals surface area contributed by atoms with E-state index in [1.807, 2.05) is 4.90 Å². The summed E-state index contributed by atoms with van der Waals surface area (Å²) >= 11 is 0. The number of pyridine rings is 1. The molecule has 0 radical (unpaired) electrons. The van der Waals surface area contributed by atoms with Crippen LogP contribution in [-0.2, 0) is 0 Å². The number of urea groups is 1. The van der Waals surface area contributed by atoms with Crippen molar-refractivity contribution in [1.82, 2.24) is 14.8 Å². The minimum Gasteiger partial charge on any atom is -0.468 e. The lowest BCUT2D eigenvalue weighted by atomic mass is 9.84. The van der Waals surface area contributed by atoms with Crippen LogP contribution in [0, 0.1) is 5.92 Å². The van der Waals surface area contributed by atoms with Crippen molar-refractivity contribution in [3.8, 4) is 5.88 Å². The van der Waals surface area contributed by atoms with Gasteiger partial charge in [-0.3, -0.25) is 0 Å². The van der Waals surface area contributed by atoms with Gasteiger partial charge in [-0.1, -0.05) is 0 Å². The Labute approximate surface area is 150 Å². The maximum atomic E-state index is 12.6. The molecule has 2 aliphatic rings. The number of hydrogen-bond donors (Lipinski definition) is 1. The van der Waals surface area contributed by atoms with E-state index in [1.165, 1.54) is 18.3 Å². The summed E-state index contributed by atoms with van der Waals surface area (Å²) in [4.78, 5) is 20.6. The Morgan fingerprint density at radius 3 is 2.85 bits per heavy atom. The first kappa shape index (κ1) is 18.8. The SMILES string of the molecule is CN1CCC2C(CCCN2C(=O)Nc2ccc(OCC(F)(F)F)nc2)C1. The third kappa shape index (κ3) is 4.78. The summed E-state index contributed by atoms with van der Waals surface area (Å²) in [7, 11) is 2.10. The van der Waals surface area contributed by atoms with Gasteiger partial charge in [0.05, 0.1) is 11.9 Å². The van der Waals surface area contributed by atoms with Gasteiger partial charge in [-0.25, -0.2) is 9.78 Å². The van der Waals surface area contributed by atoms with Crippen LogP contribution in [0.5, 0.6) is 5.88 Å². The molecule has 2 atom stereocenters. The summed E-state index contributed by atoms with van der Waals surface area (Å²) in [5, 5.41) is 2.79. The number of nitrogens with one attached hydrogen (secondary N) is 1. The van der Waals surface area contributed by atoms with Crippen LogP contribution in [0.15, 0.2) is 18.3 Å². The number of anilines is 1. The summed E-state index contributed by atoms with van der Waals surface area (Å²) in [5.74, 6) is 0.359. The van der Waals surface area contributed by atoms with E-state index in [-0.39, 0.29) is 18.0 Å². The van der Waals surface area contributed by atoms with Crippen LogP contribution in [0.2, 0.25) is 0 Å². The molecule has 0 spiro atoms. The quantitative estimate of drug-likeness (QED) is 0.886. The molecule has 0 bridgehead atoms. The number of ether oxygens (including phenoxy) is 1. The molecule has 2 saturated heterocycles. The fraction of sp³-hybridized carbons (Fsp3) is 0.647. The first-order chi connectivity index (χ1) is 12.3. The Morgan fingerprint density at radius 2 is 2.15 bits per heavy atom. The number of nitrogens with zero attached hydrogens (tertiary/aromatic N) is 3. The highest BCUT2D eigenvalue weighted by molar-refractivity contribution is 5.89. The predicted octanol–water partition coefficient (Wildman–Crippen LogP) is 2.97. The lowest BCUT2D eigenvalue weighted by Gasteiger charge is -2.46. The molecular weight excluding hydrogens is 349 g/mol. The Hall–Kier alpha value is -2.03. The molecule has 1 aromatic rings. The number of hydrogen-bond acceptors (Lipinski definition) is 4. The lowest BCUT2D eigenvalue weighted by molar-refractivity contribution is -0.154. The monoisotopic (exact) mass is 372 g/mol. The highest BCUT2D eigenvalue weighted by Gasteiger charge is 2.37. The maximum Gasteiger partial charge on any atom is 0.422 e. The van der Waals surface area contributed by atoms with Crippen LogP contribution >= 0.6 is 0 Å². The molecule has 2 fully saturated rings. The van der Waals surface area contributed by atoms with E-state index in [0.717, 1.165) is 38.9 Å². The molecule has 144 valence electrons. The Balaban J connectivity index is 1.57. The molecule has 9 heteroatoms. The number of aromatic nitrogens is 1. The standard InChI is InChI=1S/C17H23F3N4O2/c1-23-8-6-14-12(10-23)3-2-7-24(14)16(25)22-13-4-5-15(21-9-13)26-11-17(18,19)20/h4-5,9,12,14H,2-3,6-8,10-11H2,1H3,(H,22,25). The van der Waals surface area contributed by atoms with Gasteiger partial charge in [0, 0.05) is 25.2 Å². The molecule has 0 saturated carbocycles. The van der Waals surface area contributed by atoms with Gasteiger partial charge < -0.3 is 19.9 Å². The molecule has 0 aliphatic carbocycles. The smallest absolute Gasteiger partial charge is 0.422 e. The minimum absolute atomic E-state index is 0.131. The minimum atomic E-state index is -4.41. The largest absolute Gasteiger partial charge is 0.468 e. The third-order valence-corrected chi connectivity index (χ3v) is 4.90. The fourth-order valence-electron chi connectivity index (χ4n) is 3.73. The number of fused-ring (bicyclic) bond motifs is 1. The Morgan fingerprint density at radius 1 is 1.35 bits per heavy atom. The van der Waals surface area contributed by atoms with Crippen LogP contribution in [-0.4, -0.2) is 66.3 Å². The van der Waals surface area contributed by atoms with Crippen molar-refractivity contribution >= 4 is 11.7 Å². The zero-order chi connectivity index (χ0) is 18.7. The molecule has 0 aromatic carbocycles. The van der Waals surface area contributed by atoms with Crippen LogP contribution in [0.4, 0.5) is 23.7 Å². The van der Waals surface area contributed by atoms with Gasteiger partial charge in [-0.2, -0.15) is 13.2 Å². The second-order valence-corrected chi connectivity index (χ2v) is 6.93. The van der Waals surface area contributed by atoms with E-state index in [1.54, 1.807) is 0 Å². The molecule has 6 nitrogen and oxygen atoms in total. The predicted molar refractivity (Wildman–Crippen MR) is 90.1 cm³/mol. The second-order valence-electron chi connectivity index (χ2n) is 6.93. The van der Waals surface area contributed by atoms with Crippen LogP contribution < -0.4 is 10.1 Å². The number of carbonyl (C=O) groups excluding carboxylic acids is 1. The number of alkyl halides is 3. The van der Waals surface area contributed by atoms with E-state index in [2.05, 4.69) is 27.0 Å². The van der Waals surface area contributed by atoms with E-state index in [4.69, 9.17) is 0 Å². The first-order valence-corrected chi connectivity index (χ1v) is 8.73. The van der Waals surface area contributed by atoms with Crippen molar-refractivity contribution < 1.29 is 22.7 Å². The number of amides is 2. The average molecular weight is 372 g/mol. The summed E-state index contributed by atoms with van der Waals surface area (Å²) in [6.45, 7) is 1.30. The number of piperidine rings is 2. The summed E-state index contributed by atoms with van der Waals surface area (Å²) in [6.07, 6.45) is -0.0410. The zero-order valence-corrected chi connectivity index (χ0v) is 14.6. The molecular formula is C17H23F3N4O2. The van der Waals surface area contributed by atoms with Gasteiger partial charge in [-0.05, 0) is 44.8 Å². The maximum absolute atomic E-state index is 12.6.